The van der Waals surface area contributed by atoms with Crippen LogP contribution in [-0.4, -0.2) is 17.0 Å². The first-order chi connectivity index (χ1) is 15.1. The van der Waals surface area contributed by atoms with Crippen molar-refractivity contribution in [3.05, 3.63) is 23.3 Å². The average molecular weight is 455 g/mol. The van der Waals surface area contributed by atoms with Crippen molar-refractivity contribution in [1.82, 2.24) is 0 Å². The van der Waals surface area contributed by atoms with Crippen LogP contribution in [0.4, 0.5) is 0 Å². The number of aliphatic hydroxyl groups is 1. The molecular formula is C31H50O2. The minimum absolute atomic E-state index is 0.0374. The van der Waals surface area contributed by atoms with Gasteiger partial charge in [-0.3, -0.25) is 4.79 Å². The topological polar surface area (TPSA) is 37.3 Å². The number of hydrogen-bond acceptors (Lipinski definition) is 2. The Morgan fingerprint density at radius 2 is 1.70 bits per heavy atom. The van der Waals surface area contributed by atoms with Crippen molar-refractivity contribution < 1.29 is 9.90 Å². The SMILES string of the molecule is C[C@H](CC[C@H](O)C(C)(C)C)[C@H]1CC[C@@]2(C)C3=CC[C@H]4C(C)(C)C(=O)CC[C@]4(C)C3=CC[C@]12C. The Hall–Kier alpha value is -0.890. The van der Waals surface area contributed by atoms with E-state index in [-0.39, 0.29) is 33.2 Å². The molecule has 4 rings (SSSR count). The first-order valence-corrected chi connectivity index (χ1v) is 13.7. The molecule has 0 heterocycles. The molecule has 2 fully saturated rings. The number of aliphatic hydroxyl groups excluding tert-OH is 1. The molecular weight excluding hydrogens is 404 g/mol. The van der Waals surface area contributed by atoms with Crippen LogP contribution < -0.4 is 0 Å². The Labute approximate surface area is 203 Å². The second-order valence-electron chi connectivity index (χ2n) is 14.6. The number of carbonyl (C=O) groups excluding carboxylic acids is 1. The largest absolute Gasteiger partial charge is 0.393 e. The van der Waals surface area contributed by atoms with Crippen LogP contribution >= 0.6 is 0 Å². The molecule has 33 heavy (non-hydrogen) atoms. The van der Waals surface area contributed by atoms with Crippen LogP contribution in [0.25, 0.3) is 0 Å². The lowest BCUT2D eigenvalue weighted by Crippen LogP contribution is -2.53. The Morgan fingerprint density at radius 1 is 1.03 bits per heavy atom. The molecule has 0 unspecified atom stereocenters. The summed E-state index contributed by atoms with van der Waals surface area (Å²) in [7, 11) is 0. The van der Waals surface area contributed by atoms with Crippen molar-refractivity contribution in [1.29, 1.82) is 0 Å². The zero-order valence-corrected chi connectivity index (χ0v) is 23.0. The van der Waals surface area contributed by atoms with Gasteiger partial charge in [0.1, 0.15) is 5.78 Å². The molecule has 0 radical (unpaired) electrons. The summed E-state index contributed by atoms with van der Waals surface area (Å²) in [6, 6.07) is 0. The normalized spacial score (nSPS) is 41.9. The van der Waals surface area contributed by atoms with Crippen LogP contribution in [0.3, 0.4) is 0 Å². The fourth-order valence-corrected chi connectivity index (χ4v) is 8.81. The summed E-state index contributed by atoms with van der Waals surface area (Å²) in [5, 5.41) is 10.6. The van der Waals surface area contributed by atoms with Crippen molar-refractivity contribution in [2.75, 3.05) is 0 Å². The number of ketones is 1. The number of fused-ring (bicyclic) bond motifs is 5. The van der Waals surface area contributed by atoms with Gasteiger partial charge in [0.2, 0.25) is 0 Å². The molecule has 4 aliphatic rings. The van der Waals surface area contributed by atoms with Crippen molar-refractivity contribution >= 4 is 5.78 Å². The molecule has 2 heteroatoms. The van der Waals surface area contributed by atoms with E-state index in [1.165, 1.54) is 12.8 Å². The molecule has 0 aliphatic heterocycles. The van der Waals surface area contributed by atoms with Gasteiger partial charge in [0, 0.05) is 11.8 Å². The number of allylic oxidation sites excluding steroid dienone is 4. The van der Waals surface area contributed by atoms with E-state index >= 15 is 0 Å². The molecule has 0 spiro atoms. The van der Waals surface area contributed by atoms with E-state index < -0.39 is 0 Å². The molecule has 0 amide bonds. The summed E-state index contributed by atoms with van der Waals surface area (Å²) >= 11 is 0. The summed E-state index contributed by atoms with van der Waals surface area (Å²) < 4.78 is 0. The molecule has 7 atom stereocenters. The fourth-order valence-electron chi connectivity index (χ4n) is 8.81. The van der Waals surface area contributed by atoms with E-state index in [9.17, 15) is 9.90 Å². The fraction of sp³-hybridized carbons (Fsp3) is 0.839. The predicted molar refractivity (Wildman–Crippen MR) is 138 cm³/mol. The molecule has 4 aliphatic carbocycles. The second kappa shape index (κ2) is 7.81. The maximum Gasteiger partial charge on any atom is 0.138 e. The molecule has 2 saturated carbocycles. The third kappa shape index (κ3) is 3.56. The Balaban J connectivity index is 1.62. The smallest absolute Gasteiger partial charge is 0.138 e. The quantitative estimate of drug-likeness (QED) is 0.468. The molecule has 0 aromatic rings. The van der Waals surface area contributed by atoms with Gasteiger partial charge in [-0.25, -0.2) is 0 Å². The van der Waals surface area contributed by atoms with E-state index in [4.69, 9.17) is 0 Å². The Morgan fingerprint density at radius 3 is 2.33 bits per heavy atom. The summed E-state index contributed by atoms with van der Waals surface area (Å²) in [5.41, 5.74) is 3.59. The van der Waals surface area contributed by atoms with Crippen molar-refractivity contribution in [2.24, 2.45) is 44.8 Å². The van der Waals surface area contributed by atoms with E-state index in [0.717, 1.165) is 38.5 Å². The molecule has 186 valence electrons. The average Bonchev–Trinajstić information content (AvgIpc) is 3.00. The second-order valence-corrected chi connectivity index (χ2v) is 14.6. The number of hydrogen-bond donors (Lipinski definition) is 1. The zero-order valence-electron chi connectivity index (χ0n) is 23.0. The summed E-state index contributed by atoms with van der Waals surface area (Å²) in [4.78, 5) is 12.8. The molecule has 1 N–H and O–H groups in total. The first-order valence-electron chi connectivity index (χ1n) is 13.7. The van der Waals surface area contributed by atoms with Crippen LogP contribution in [-0.2, 0) is 4.79 Å². The molecule has 0 aromatic heterocycles. The van der Waals surface area contributed by atoms with Gasteiger partial charge in [-0.15, -0.1) is 0 Å². The maximum atomic E-state index is 12.8. The van der Waals surface area contributed by atoms with E-state index in [2.05, 4.69) is 74.5 Å². The van der Waals surface area contributed by atoms with Crippen LogP contribution in [0.1, 0.15) is 114 Å². The summed E-state index contributed by atoms with van der Waals surface area (Å²) in [5.74, 6) is 2.21. The van der Waals surface area contributed by atoms with Crippen LogP contribution in [0, 0.1) is 44.8 Å². The van der Waals surface area contributed by atoms with E-state index in [0.29, 0.717) is 23.5 Å². The third-order valence-corrected chi connectivity index (χ3v) is 11.6. The van der Waals surface area contributed by atoms with Gasteiger partial charge < -0.3 is 5.11 Å². The van der Waals surface area contributed by atoms with Gasteiger partial charge in [0.15, 0.2) is 0 Å². The maximum absolute atomic E-state index is 12.8. The van der Waals surface area contributed by atoms with Gasteiger partial charge >= 0.3 is 0 Å². The van der Waals surface area contributed by atoms with Crippen LogP contribution in [0.15, 0.2) is 23.3 Å². The van der Waals surface area contributed by atoms with Crippen molar-refractivity contribution in [3.63, 3.8) is 0 Å². The Kier molecular flexibility index (Phi) is 5.96. The highest BCUT2D eigenvalue weighted by molar-refractivity contribution is 5.86. The zero-order chi connectivity index (χ0) is 24.6. The lowest BCUT2D eigenvalue weighted by atomic mass is 9.44. The summed E-state index contributed by atoms with van der Waals surface area (Å²) in [6.45, 7) is 20.9. The first kappa shape index (κ1) is 25.2. The predicted octanol–water partition coefficient (Wildman–Crippen LogP) is 7.90. The van der Waals surface area contributed by atoms with Crippen LogP contribution in [0.5, 0.6) is 0 Å². The minimum Gasteiger partial charge on any atom is -0.393 e. The van der Waals surface area contributed by atoms with Gasteiger partial charge in [0.25, 0.3) is 0 Å². The highest BCUT2D eigenvalue weighted by Gasteiger charge is 2.63. The van der Waals surface area contributed by atoms with E-state index in [1.807, 2.05) is 0 Å². The molecule has 0 bridgehead atoms. The Bertz CT molecular complexity index is 870. The highest BCUT2D eigenvalue weighted by Crippen LogP contribution is 2.71. The summed E-state index contributed by atoms with van der Waals surface area (Å²) in [6.07, 6.45) is 13.5. The van der Waals surface area contributed by atoms with Crippen molar-refractivity contribution in [2.45, 2.75) is 120 Å². The number of rotatable bonds is 4. The van der Waals surface area contributed by atoms with Gasteiger partial charge in [0.05, 0.1) is 6.10 Å². The highest BCUT2D eigenvalue weighted by atomic mass is 16.3. The monoisotopic (exact) mass is 454 g/mol. The molecule has 2 nitrogen and oxygen atoms in total. The number of Topliss-reactive ketones (excluding diaryl/α,β-unsaturated/α-hetero) is 1. The molecule has 0 aromatic carbocycles. The van der Waals surface area contributed by atoms with Crippen molar-refractivity contribution in [3.8, 4) is 0 Å². The van der Waals surface area contributed by atoms with Crippen LogP contribution in [0.2, 0.25) is 0 Å². The lowest BCUT2D eigenvalue weighted by molar-refractivity contribution is -0.138. The van der Waals surface area contributed by atoms with E-state index in [1.54, 1.807) is 11.1 Å². The molecule has 0 saturated heterocycles. The van der Waals surface area contributed by atoms with Gasteiger partial charge in [-0.2, -0.15) is 0 Å². The standard InChI is InChI=1S/C31H50O2/c1-20(10-13-25(32)27(2,3)4)21-14-18-31(9)23-11-12-24-28(5,6)26(33)16-17-29(24,7)22(23)15-19-30(21,31)8/h11,15,20-21,24-25,32H,10,12-14,16-19H2,1-9H3/t20-,21-,24+,25+,29-,30-,31+/m1/s1. The van der Waals surface area contributed by atoms with Gasteiger partial charge in [-0.1, -0.05) is 74.5 Å². The minimum atomic E-state index is -0.228. The van der Waals surface area contributed by atoms with Gasteiger partial charge in [-0.05, 0) is 95.5 Å². The lowest BCUT2D eigenvalue weighted by Gasteiger charge is -2.59. The third-order valence-electron chi connectivity index (χ3n) is 11.6. The number of carbonyl (C=O) groups is 1.